The molecule has 5 heteroatoms. The Hall–Kier alpha value is -2.30. The zero-order valence-electron chi connectivity index (χ0n) is 11.8. The Morgan fingerprint density at radius 3 is 2.75 bits per heavy atom. The lowest BCUT2D eigenvalue weighted by atomic mass is 10.2. The molecular formula is C15H19N3O2. The number of benzene rings is 1. The van der Waals surface area contributed by atoms with Gasteiger partial charge in [0.2, 0.25) is 0 Å². The number of hydrogen-bond donors (Lipinski definition) is 1. The van der Waals surface area contributed by atoms with Crippen LogP contribution in [0.25, 0.3) is 0 Å². The van der Waals surface area contributed by atoms with Crippen LogP contribution in [0.2, 0.25) is 0 Å². The molecule has 0 saturated carbocycles. The van der Waals surface area contributed by atoms with Gasteiger partial charge in [0.15, 0.2) is 6.61 Å². The second kappa shape index (κ2) is 6.75. The van der Waals surface area contributed by atoms with Crippen molar-refractivity contribution < 1.29 is 9.53 Å². The van der Waals surface area contributed by atoms with Gasteiger partial charge in [-0.05, 0) is 19.1 Å². The van der Waals surface area contributed by atoms with Crippen molar-refractivity contribution in [1.82, 2.24) is 14.9 Å². The molecule has 2 rings (SSSR count). The molecular weight excluding hydrogens is 254 g/mol. The molecule has 0 aliphatic heterocycles. The van der Waals surface area contributed by atoms with E-state index in [1.165, 1.54) is 0 Å². The van der Waals surface area contributed by atoms with Gasteiger partial charge in [-0.2, -0.15) is 0 Å². The van der Waals surface area contributed by atoms with Crippen LogP contribution in [0.5, 0.6) is 5.75 Å². The van der Waals surface area contributed by atoms with Crippen molar-refractivity contribution in [1.29, 1.82) is 0 Å². The lowest BCUT2D eigenvalue weighted by Crippen LogP contribution is -2.30. The molecule has 0 bridgehead atoms. The molecule has 0 aliphatic rings. The van der Waals surface area contributed by atoms with E-state index in [0.717, 1.165) is 17.7 Å². The number of aryl methyl sites for hydroxylation is 2. The van der Waals surface area contributed by atoms with Crippen molar-refractivity contribution >= 4 is 5.91 Å². The molecule has 5 nitrogen and oxygen atoms in total. The summed E-state index contributed by atoms with van der Waals surface area (Å²) < 4.78 is 7.28. The maximum atomic E-state index is 11.6. The van der Waals surface area contributed by atoms with Crippen LogP contribution in [0.15, 0.2) is 36.8 Å². The largest absolute Gasteiger partial charge is 0.484 e. The van der Waals surface area contributed by atoms with Crippen molar-refractivity contribution in [2.45, 2.75) is 13.3 Å². The van der Waals surface area contributed by atoms with Gasteiger partial charge in [-0.3, -0.25) is 4.79 Å². The van der Waals surface area contributed by atoms with Gasteiger partial charge >= 0.3 is 0 Å². The van der Waals surface area contributed by atoms with E-state index < -0.39 is 0 Å². The van der Waals surface area contributed by atoms with Crippen LogP contribution >= 0.6 is 0 Å². The maximum Gasteiger partial charge on any atom is 0.257 e. The highest BCUT2D eigenvalue weighted by atomic mass is 16.5. The van der Waals surface area contributed by atoms with Crippen molar-refractivity contribution in [3.05, 3.63) is 48.0 Å². The van der Waals surface area contributed by atoms with Gasteiger partial charge in [0.05, 0.1) is 12.0 Å². The van der Waals surface area contributed by atoms with Crippen molar-refractivity contribution in [3.8, 4) is 5.75 Å². The average molecular weight is 273 g/mol. The van der Waals surface area contributed by atoms with Crippen LogP contribution in [-0.4, -0.2) is 28.6 Å². The van der Waals surface area contributed by atoms with Crippen LogP contribution in [0.3, 0.4) is 0 Å². The fraction of sp³-hybridized carbons (Fsp3) is 0.333. The van der Waals surface area contributed by atoms with Crippen LogP contribution in [0.1, 0.15) is 11.3 Å². The van der Waals surface area contributed by atoms with E-state index in [1.54, 1.807) is 6.33 Å². The number of nitrogens with zero attached hydrogens (tertiary/aromatic N) is 2. The summed E-state index contributed by atoms with van der Waals surface area (Å²) in [6, 6.07) is 7.62. The first-order valence-corrected chi connectivity index (χ1v) is 6.56. The van der Waals surface area contributed by atoms with Crippen LogP contribution in [0, 0.1) is 6.92 Å². The number of nitrogens with one attached hydrogen (secondary N) is 1. The number of imidazole rings is 1. The van der Waals surface area contributed by atoms with Crippen LogP contribution in [0.4, 0.5) is 0 Å². The third-order valence-electron chi connectivity index (χ3n) is 2.85. The molecule has 0 spiro atoms. The summed E-state index contributed by atoms with van der Waals surface area (Å²) >= 11 is 0. The lowest BCUT2D eigenvalue weighted by Gasteiger charge is -2.07. The minimum atomic E-state index is -0.124. The Bertz CT molecular complexity index is 561. The fourth-order valence-corrected chi connectivity index (χ4v) is 1.76. The van der Waals surface area contributed by atoms with E-state index in [-0.39, 0.29) is 12.5 Å². The molecule has 1 amide bonds. The van der Waals surface area contributed by atoms with Crippen molar-refractivity contribution in [2.24, 2.45) is 7.05 Å². The van der Waals surface area contributed by atoms with E-state index in [9.17, 15) is 4.79 Å². The van der Waals surface area contributed by atoms with Crippen molar-refractivity contribution in [3.63, 3.8) is 0 Å². The summed E-state index contributed by atoms with van der Waals surface area (Å²) in [5, 5.41) is 2.81. The number of hydrogen-bond acceptors (Lipinski definition) is 3. The predicted octanol–water partition coefficient (Wildman–Crippen LogP) is 1.47. The molecule has 1 aromatic carbocycles. The quantitative estimate of drug-likeness (QED) is 0.867. The summed E-state index contributed by atoms with van der Waals surface area (Å²) in [6.45, 7) is 2.60. The van der Waals surface area contributed by atoms with E-state index in [2.05, 4.69) is 10.3 Å². The summed E-state index contributed by atoms with van der Waals surface area (Å²) in [4.78, 5) is 15.8. The Kier molecular flexibility index (Phi) is 4.76. The average Bonchev–Trinajstić information content (AvgIpc) is 2.84. The predicted molar refractivity (Wildman–Crippen MR) is 76.6 cm³/mol. The third-order valence-corrected chi connectivity index (χ3v) is 2.85. The van der Waals surface area contributed by atoms with Gasteiger partial charge in [-0.25, -0.2) is 4.98 Å². The molecule has 0 atom stereocenters. The minimum absolute atomic E-state index is 0.0330. The Morgan fingerprint density at radius 1 is 1.35 bits per heavy atom. The first-order valence-electron chi connectivity index (χ1n) is 6.56. The van der Waals surface area contributed by atoms with Gasteiger partial charge < -0.3 is 14.6 Å². The normalized spacial score (nSPS) is 10.3. The van der Waals surface area contributed by atoms with E-state index in [4.69, 9.17) is 4.74 Å². The summed E-state index contributed by atoms with van der Waals surface area (Å²) in [6.07, 6.45) is 4.41. The fourth-order valence-electron chi connectivity index (χ4n) is 1.76. The highest BCUT2D eigenvalue weighted by Gasteiger charge is 2.03. The number of rotatable bonds is 6. The highest BCUT2D eigenvalue weighted by molar-refractivity contribution is 5.77. The first-order chi connectivity index (χ1) is 9.63. The zero-order chi connectivity index (χ0) is 14.4. The molecule has 1 heterocycles. The molecule has 1 aromatic heterocycles. The first kappa shape index (κ1) is 14.1. The Labute approximate surface area is 118 Å². The zero-order valence-corrected chi connectivity index (χ0v) is 11.8. The van der Waals surface area contributed by atoms with E-state index in [1.807, 2.05) is 49.0 Å². The number of carbonyl (C=O) groups excluding carboxylic acids is 1. The number of aromatic nitrogens is 2. The van der Waals surface area contributed by atoms with Gasteiger partial charge in [-0.15, -0.1) is 0 Å². The third kappa shape index (κ3) is 4.42. The molecule has 0 saturated heterocycles. The van der Waals surface area contributed by atoms with E-state index >= 15 is 0 Å². The molecule has 0 aliphatic carbocycles. The van der Waals surface area contributed by atoms with Gasteiger partial charge in [0.1, 0.15) is 5.75 Å². The highest BCUT2D eigenvalue weighted by Crippen LogP contribution is 2.10. The maximum absolute atomic E-state index is 11.6. The SMILES string of the molecule is Cc1ccc(OCC(=O)NCCc2cn(C)cn2)cc1. The second-order valence-electron chi connectivity index (χ2n) is 4.73. The minimum Gasteiger partial charge on any atom is -0.484 e. The molecule has 1 N–H and O–H groups in total. The Morgan fingerprint density at radius 2 is 2.10 bits per heavy atom. The smallest absolute Gasteiger partial charge is 0.257 e. The Balaban J connectivity index is 1.66. The number of amides is 1. The van der Waals surface area contributed by atoms with Crippen LogP contribution < -0.4 is 10.1 Å². The molecule has 2 aromatic rings. The molecule has 0 radical (unpaired) electrons. The van der Waals surface area contributed by atoms with Gasteiger partial charge in [0, 0.05) is 26.2 Å². The second-order valence-corrected chi connectivity index (χ2v) is 4.73. The molecule has 106 valence electrons. The summed E-state index contributed by atoms with van der Waals surface area (Å²) in [5.41, 5.74) is 2.13. The summed E-state index contributed by atoms with van der Waals surface area (Å²) in [7, 11) is 1.92. The van der Waals surface area contributed by atoms with E-state index in [0.29, 0.717) is 12.3 Å². The van der Waals surface area contributed by atoms with Gasteiger partial charge in [0.25, 0.3) is 5.91 Å². The summed E-state index contributed by atoms with van der Waals surface area (Å²) in [5.74, 6) is 0.581. The van der Waals surface area contributed by atoms with Crippen molar-refractivity contribution in [2.75, 3.05) is 13.2 Å². The topological polar surface area (TPSA) is 56.1 Å². The number of carbonyl (C=O) groups is 1. The lowest BCUT2D eigenvalue weighted by molar-refractivity contribution is -0.123. The molecule has 20 heavy (non-hydrogen) atoms. The monoisotopic (exact) mass is 273 g/mol. The van der Waals surface area contributed by atoms with Crippen LogP contribution in [-0.2, 0) is 18.3 Å². The standard InChI is InChI=1S/C15H19N3O2/c1-12-3-5-14(6-4-12)20-10-15(19)16-8-7-13-9-18(2)11-17-13/h3-6,9,11H,7-8,10H2,1-2H3,(H,16,19). The number of ether oxygens (including phenoxy) is 1. The van der Waals surface area contributed by atoms with Gasteiger partial charge in [-0.1, -0.05) is 17.7 Å². The molecule has 0 fully saturated rings. The molecule has 0 unspecified atom stereocenters.